The molecule has 16 nitrogen and oxygen atoms in total. The molecular weight excluding hydrogens is 687 g/mol. The fourth-order valence-corrected chi connectivity index (χ4v) is 7.55. The SMILES string of the molecule is COc1ccc2[nH]cc(C(=O)NC(C(=O)NC3C(=O)N4C(C(=O)O)=C(C(=S)c5nnc(CO)s5)CS[C@@H]34)c3ccc(O)cc3)c(=O)c2n1. The van der Waals surface area contributed by atoms with Crippen molar-refractivity contribution >= 4 is 74.9 Å². The van der Waals surface area contributed by atoms with Gasteiger partial charge in [-0.2, -0.15) is 0 Å². The van der Waals surface area contributed by atoms with Crippen LogP contribution < -0.4 is 20.8 Å². The van der Waals surface area contributed by atoms with Crippen LogP contribution in [-0.4, -0.2) is 93.2 Å². The number of aromatic amines is 1. The lowest BCUT2D eigenvalue weighted by molar-refractivity contribution is -0.150. The topological polar surface area (TPSA) is 237 Å². The van der Waals surface area contributed by atoms with Gasteiger partial charge < -0.3 is 35.7 Å². The van der Waals surface area contributed by atoms with Gasteiger partial charge in [-0.1, -0.05) is 35.7 Å². The summed E-state index contributed by atoms with van der Waals surface area (Å²) in [7, 11) is 1.37. The first-order chi connectivity index (χ1) is 23.0. The number of nitrogens with zero attached hydrogens (tertiary/aromatic N) is 4. The van der Waals surface area contributed by atoms with Crippen molar-refractivity contribution in [2.75, 3.05) is 12.9 Å². The van der Waals surface area contributed by atoms with Gasteiger partial charge >= 0.3 is 5.97 Å². The van der Waals surface area contributed by atoms with Crippen LogP contribution in [0.2, 0.25) is 0 Å². The Morgan fingerprint density at radius 1 is 1.17 bits per heavy atom. The van der Waals surface area contributed by atoms with Gasteiger partial charge in [0.25, 0.3) is 11.8 Å². The van der Waals surface area contributed by atoms with E-state index in [0.717, 1.165) is 28.0 Å². The number of phenols is 1. The van der Waals surface area contributed by atoms with Gasteiger partial charge in [0.15, 0.2) is 5.01 Å². The maximum Gasteiger partial charge on any atom is 0.353 e. The average Bonchev–Trinajstić information content (AvgIpc) is 3.58. The van der Waals surface area contributed by atoms with Gasteiger partial charge in [0.2, 0.25) is 17.2 Å². The second-order valence-electron chi connectivity index (χ2n) is 10.3. The van der Waals surface area contributed by atoms with Gasteiger partial charge in [0.1, 0.15) is 45.0 Å². The molecule has 0 spiro atoms. The molecule has 48 heavy (non-hydrogen) atoms. The molecule has 3 amide bonds. The number of thiocarbonyl (C=S) groups is 1. The van der Waals surface area contributed by atoms with Crippen LogP contribution in [0.3, 0.4) is 0 Å². The van der Waals surface area contributed by atoms with Gasteiger partial charge in [0.05, 0.1) is 24.1 Å². The molecule has 0 bridgehead atoms. The van der Waals surface area contributed by atoms with E-state index < -0.39 is 46.6 Å². The smallest absolute Gasteiger partial charge is 0.353 e. The van der Waals surface area contributed by atoms with Gasteiger partial charge in [-0.15, -0.1) is 22.0 Å². The zero-order valence-corrected chi connectivity index (χ0v) is 26.9. The number of aliphatic hydroxyl groups excluding tert-OH is 1. The number of carboxylic acids is 1. The van der Waals surface area contributed by atoms with Crippen molar-refractivity contribution in [2.24, 2.45) is 0 Å². The molecule has 1 saturated heterocycles. The first kappa shape index (κ1) is 32.7. The third-order valence-corrected chi connectivity index (χ3v) is 10.2. The number of pyridine rings is 2. The maximum atomic E-state index is 13.7. The molecule has 5 heterocycles. The fraction of sp³-hybridized carbons (Fsp3) is 0.207. The number of carboxylic acid groups (broad SMARTS) is 1. The van der Waals surface area contributed by atoms with Crippen LogP contribution in [0.4, 0.5) is 0 Å². The van der Waals surface area contributed by atoms with Crippen molar-refractivity contribution in [1.82, 2.24) is 35.7 Å². The summed E-state index contributed by atoms with van der Waals surface area (Å²) < 4.78 is 5.08. The fourth-order valence-electron chi connectivity index (χ4n) is 5.10. The minimum atomic E-state index is -1.45. The third-order valence-electron chi connectivity index (χ3n) is 7.46. The van der Waals surface area contributed by atoms with Crippen molar-refractivity contribution < 1.29 is 39.2 Å². The van der Waals surface area contributed by atoms with Crippen LogP contribution in [0.15, 0.2) is 58.7 Å². The number of aromatic hydroxyl groups is 1. The van der Waals surface area contributed by atoms with E-state index in [9.17, 15) is 39.3 Å². The molecule has 2 aliphatic heterocycles. The van der Waals surface area contributed by atoms with Crippen molar-refractivity contribution in [2.45, 2.75) is 24.1 Å². The first-order valence-corrected chi connectivity index (χ1v) is 16.1. The number of aromatic nitrogens is 4. The lowest BCUT2D eigenvalue weighted by Gasteiger charge is -2.49. The predicted octanol–water partition coefficient (Wildman–Crippen LogP) is 0.609. The predicted molar refractivity (Wildman–Crippen MR) is 174 cm³/mol. The van der Waals surface area contributed by atoms with Crippen LogP contribution in [-0.2, 0) is 21.0 Å². The molecule has 0 aliphatic carbocycles. The highest BCUT2D eigenvalue weighted by Crippen LogP contribution is 2.41. The van der Waals surface area contributed by atoms with E-state index >= 15 is 0 Å². The Morgan fingerprint density at radius 3 is 2.58 bits per heavy atom. The van der Waals surface area contributed by atoms with E-state index in [2.05, 4.69) is 30.8 Å². The second-order valence-corrected chi connectivity index (χ2v) is 12.9. The number of aliphatic carboxylic acids is 1. The summed E-state index contributed by atoms with van der Waals surface area (Å²) in [4.78, 5) is 74.2. The van der Waals surface area contributed by atoms with Crippen molar-refractivity contribution in [1.29, 1.82) is 0 Å². The minimum absolute atomic E-state index is 0.0665. The number of hydrogen-bond acceptors (Lipinski definition) is 14. The normalized spacial score (nSPS) is 17.7. The average molecular weight is 710 g/mol. The molecule has 3 aromatic heterocycles. The number of nitrogens with one attached hydrogen (secondary N) is 3. The number of hydrogen-bond donors (Lipinski definition) is 6. The number of β-lactam (4-membered cyclic amide) rings is 1. The summed E-state index contributed by atoms with van der Waals surface area (Å²) in [6.45, 7) is -0.370. The van der Waals surface area contributed by atoms with Gasteiger partial charge in [0, 0.05) is 23.6 Å². The molecule has 1 aromatic carbocycles. The Bertz CT molecular complexity index is 2100. The Kier molecular flexibility index (Phi) is 8.93. The number of H-pyrrole nitrogens is 1. The number of amides is 3. The Hall–Kier alpha value is -5.24. The summed E-state index contributed by atoms with van der Waals surface area (Å²) in [6.07, 6.45) is 1.18. The van der Waals surface area contributed by atoms with Crippen LogP contribution in [0.25, 0.3) is 11.0 Å². The molecule has 0 saturated carbocycles. The molecule has 4 aromatic rings. The molecule has 0 radical (unpaired) electrons. The van der Waals surface area contributed by atoms with Gasteiger partial charge in [-0.3, -0.25) is 24.1 Å². The van der Waals surface area contributed by atoms with E-state index in [4.69, 9.17) is 17.0 Å². The Labute approximate surface area is 282 Å². The number of carbonyl (C=O) groups excluding carboxylic acids is 3. The number of methoxy groups -OCH3 is 1. The summed E-state index contributed by atoms with van der Waals surface area (Å²) in [5, 5.41) is 41.7. The Balaban J connectivity index is 1.25. The van der Waals surface area contributed by atoms with E-state index in [1.54, 1.807) is 6.07 Å². The van der Waals surface area contributed by atoms with Gasteiger partial charge in [-0.25, -0.2) is 9.78 Å². The first-order valence-electron chi connectivity index (χ1n) is 13.9. The lowest BCUT2D eigenvalue weighted by Crippen LogP contribution is -2.71. The molecule has 19 heteroatoms. The summed E-state index contributed by atoms with van der Waals surface area (Å²) in [5.41, 5.74) is -0.772. The molecule has 6 rings (SSSR count). The number of carbonyl (C=O) groups is 4. The molecule has 2 aliphatic rings. The van der Waals surface area contributed by atoms with E-state index in [-0.39, 0.29) is 66.8 Å². The summed E-state index contributed by atoms with van der Waals surface area (Å²) >= 11 is 7.63. The standard InChI is InChI=1S/C29H23N7O9S3/c1-45-16-7-6-15-19(31-16)22(39)13(8-30-15)24(40)32-18(11-2-4-12(38)5-3-11)25(41)33-20-27(42)36-21(29(43)44)14(10-47-28(20)36)23(46)26-35-34-17(9-37)48-26/h2-8,18,20,28,37-38H,9-10H2,1H3,(H,30,39)(H,32,40)(H,33,41)(H,43,44)/t18?,20?,28-/m0/s1. The highest BCUT2D eigenvalue weighted by atomic mass is 32.2. The number of ether oxygens (including phenoxy) is 1. The van der Waals surface area contributed by atoms with Crippen LogP contribution in [0, 0.1) is 0 Å². The highest BCUT2D eigenvalue weighted by molar-refractivity contribution is 8.00. The van der Waals surface area contributed by atoms with Crippen molar-refractivity contribution in [3.63, 3.8) is 0 Å². The zero-order valence-electron chi connectivity index (χ0n) is 24.5. The number of benzene rings is 1. The number of thioether (sulfide) groups is 1. The number of fused-ring (bicyclic) bond motifs is 2. The van der Waals surface area contributed by atoms with Crippen LogP contribution in [0.5, 0.6) is 11.6 Å². The van der Waals surface area contributed by atoms with Crippen LogP contribution in [0.1, 0.15) is 32.0 Å². The minimum Gasteiger partial charge on any atom is -0.508 e. The molecule has 6 N–H and O–H groups in total. The molecule has 3 atom stereocenters. The van der Waals surface area contributed by atoms with E-state index in [1.807, 2.05) is 0 Å². The van der Waals surface area contributed by atoms with E-state index in [0.29, 0.717) is 5.52 Å². The summed E-state index contributed by atoms with van der Waals surface area (Å²) in [6, 6.07) is 5.83. The quantitative estimate of drug-likeness (QED) is 0.0752. The second kappa shape index (κ2) is 13.1. The lowest BCUT2D eigenvalue weighted by atomic mass is 9.99. The highest BCUT2D eigenvalue weighted by Gasteiger charge is 2.55. The largest absolute Gasteiger partial charge is 0.508 e. The van der Waals surface area contributed by atoms with E-state index in [1.165, 1.54) is 43.6 Å². The number of phenolic OH excluding ortho intramolecular Hbond substituents is 1. The molecule has 246 valence electrons. The monoisotopic (exact) mass is 709 g/mol. The van der Waals surface area contributed by atoms with Crippen molar-refractivity contribution in [3.8, 4) is 11.6 Å². The third kappa shape index (κ3) is 5.87. The van der Waals surface area contributed by atoms with Gasteiger partial charge in [-0.05, 0) is 23.8 Å². The number of aliphatic hydroxyl groups is 1. The molecular formula is C29H23N7O9S3. The summed E-state index contributed by atoms with van der Waals surface area (Å²) in [5.74, 6) is -3.80. The van der Waals surface area contributed by atoms with Crippen molar-refractivity contribution in [3.05, 3.63) is 85.2 Å². The zero-order chi connectivity index (χ0) is 34.3. The maximum absolute atomic E-state index is 13.7. The Morgan fingerprint density at radius 2 is 1.92 bits per heavy atom. The molecule has 1 fully saturated rings. The van der Waals surface area contributed by atoms with Crippen LogP contribution >= 0.6 is 35.3 Å². The molecule has 2 unspecified atom stereocenters. The number of rotatable bonds is 10.